The van der Waals surface area contributed by atoms with Crippen molar-refractivity contribution in [3.05, 3.63) is 48.5 Å². The molecule has 1 aromatic carbocycles. The number of hydrogen-bond acceptors (Lipinski definition) is 7. The van der Waals surface area contributed by atoms with Gasteiger partial charge in [0.05, 0.1) is 19.2 Å². The lowest BCUT2D eigenvalue weighted by Gasteiger charge is -2.37. The van der Waals surface area contributed by atoms with Gasteiger partial charge in [0.1, 0.15) is 12.1 Å². The first-order valence-corrected chi connectivity index (χ1v) is 11.2. The van der Waals surface area contributed by atoms with E-state index in [0.29, 0.717) is 24.7 Å². The van der Waals surface area contributed by atoms with Crippen molar-refractivity contribution >= 4 is 34.1 Å². The zero-order valence-corrected chi connectivity index (χ0v) is 19.3. The van der Waals surface area contributed by atoms with Crippen molar-refractivity contribution < 1.29 is 9.47 Å². The number of pyridine rings is 1. The average molecular weight is 453 g/mol. The molecule has 3 heterocycles. The summed E-state index contributed by atoms with van der Waals surface area (Å²) >= 11 is 5.61. The van der Waals surface area contributed by atoms with E-state index in [2.05, 4.69) is 37.0 Å². The Kier molecular flexibility index (Phi) is 7.16. The molecule has 4 rings (SSSR count). The van der Waals surface area contributed by atoms with Gasteiger partial charge in [-0.25, -0.2) is 9.97 Å². The van der Waals surface area contributed by atoms with Crippen LogP contribution in [0.4, 0.5) is 5.82 Å². The van der Waals surface area contributed by atoms with Crippen molar-refractivity contribution in [1.82, 2.24) is 25.2 Å². The Morgan fingerprint density at radius 1 is 1.16 bits per heavy atom. The number of hydrogen-bond donors (Lipinski definition) is 1. The van der Waals surface area contributed by atoms with E-state index in [9.17, 15) is 0 Å². The van der Waals surface area contributed by atoms with Crippen LogP contribution >= 0.6 is 12.2 Å². The molecule has 0 bridgehead atoms. The SMILES string of the molecule is CCCOc1cc2ncnc(N3CCN(C(=S)NCc4cccnc4)CC3)c2cc1OC. The molecule has 3 aromatic rings. The van der Waals surface area contributed by atoms with Gasteiger partial charge in [-0.05, 0) is 36.3 Å². The van der Waals surface area contributed by atoms with Gasteiger partial charge in [-0.2, -0.15) is 0 Å². The Morgan fingerprint density at radius 2 is 2.00 bits per heavy atom. The minimum Gasteiger partial charge on any atom is -0.493 e. The Labute approximate surface area is 193 Å². The van der Waals surface area contributed by atoms with Crippen LogP contribution < -0.4 is 19.7 Å². The maximum atomic E-state index is 5.84. The number of benzene rings is 1. The summed E-state index contributed by atoms with van der Waals surface area (Å²) < 4.78 is 11.4. The van der Waals surface area contributed by atoms with Crippen molar-refractivity contribution in [2.45, 2.75) is 19.9 Å². The van der Waals surface area contributed by atoms with E-state index in [4.69, 9.17) is 21.7 Å². The third kappa shape index (κ3) is 4.99. The summed E-state index contributed by atoms with van der Waals surface area (Å²) in [6.07, 6.45) is 6.16. The van der Waals surface area contributed by atoms with Crippen LogP contribution in [0.1, 0.15) is 18.9 Å². The van der Waals surface area contributed by atoms with E-state index in [1.165, 1.54) is 0 Å². The Balaban J connectivity index is 1.43. The number of anilines is 1. The van der Waals surface area contributed by atoms with E-state index >= 15 is 0 Å². The monoisotopic (exact) mass is 452 g/mol. The number of methoxy groups -OCH3 is 1. The lowest BCUT2D eigenvalue weighted by atomic mass is 10.2. The number of piperazine rings is 1. The van der Waals surface area contributed by atoms with Crippen LogP contribution in [0.25, 0.3) is 10.9 Å². The van der Waals surface area contributed by atoms with Crippen LogP contribution in [0.3, 0.4) is 0 Å². The van der Waals surface area contributed by atoms with Gasteiger partial charge in [0.15, 0.2) is 16.6 Å². The Hall–Kier alpha value is -3.20. The van der Waals surface area contributed by atoms with Crippen molar-refractivity contribution in [3.63, 3.8) is 0 Å². The van der Waals surface area contributed by atoms with Gasteiger partial charge < -0.3 is 24.6 Å². The van der Waals surface area contributed by atoms with Gasteiger partial charge >= 0.3 is 0 Å². The molecule has 0 unspecified atom stereocenters. The fraction of sp³-hybridized carbons (Fsp3) is 0.391. The average Bonchev–Trinajstić information content (AvgIpc) is 2.85. The van der Waals surface area contributed by atoms with Crippen LogP contribution in [0.2, 0.25) is 0 Å². The zero-order chi connectivity index (χ0) is 22.3. The maximum Gasteiger partial charge on any atom is 0.169 e. The molecule has 0 radical (unpaired) electrons. The molecule has 0 aliphatic carbocycles. The number of aromatic nitrogens is 3. The second-order valence-electron chi connectivity index (χ2n) is 7.56. The molecule has 8 nitrogen and oxygen atoms in total. The summed E-state index contributed by atoms with van der Waals surface area (Å²) in [5.74, 6) is 2.31. The van der Waals surface area contributed by atoms with Crippen molar-refractivity contribution in [2.75, 3.05) is 44.8 Å². The first kappa shape index (κ1) is 22.0. The van der Waals surface area contributed by atoms with Gasteiger partial charge in [-0.1, -0.05) is 13.0 Å². The molecule has 32 heavy (non-hydrogen) atoms. The van der Waals surface area contributed by atoms with Crippen LogP contribution in [0.5, 0.6) is 11.5 Å². The molecule has 1 fully saturated rings. The van der Waals surface area contributed by atoms with Gasteiger partial charge in [0.2, 0.25) is 0 Å². The number of thiocarbonyl (C=S) groups is 1. The van der Waals surface area contributed by atoms with Gasteiger partial charge in [0.25, 0.3) is 0 Å². The van der Waals surface area contributed by atoms with E-state index in [1.54, 1.807) is 19.6 Å². The van der Waals surface area contributed by atoms with Crippen LogP contribution in [0.15, 0.2) is 43.0 Å². The second-order valence-corrected chi connectivity index (χ2v) is 7.95. The molecule has 0 saturated carbocycles. The van der Waals surface area contributed by atoms with E-state index in [0.717, 1.165) is 60.0 Å². The van der Waals surface area contributed by atoms with Crippen LogP contribution in [-0.2, 0) is 6.54 Å². The van der Waals surface area contributed by atoms with Crippen molar-refractivity contribution in [3.8, 4) is 11.5 Å². The lowest BCUT2D eigenvalue weighted by molar-refractivity contribution is 0.295. The highest BCUT2D eigenvalue weighted by molar-refractivity contribution is 7.80. The smallest absolute Gasteiger partial charge is 0.169 e. The standard InChI is InChI=1S/C23H28N6O2S/c1-3-11-31-21-13-19-18(12-20(21)30-2)22(27-16-26-19)28-7-9-29(10-8-28)23(32)25-15-17-5-4-6-24-14-17/h4-6,12-14,16H,3,7-11,15H2,1-2H3,(H,25,32). The molecular weight excluding hydrogens is 424 g/mol. The van der Waals surface area contributed by atoms with E-state index in [1.807, 2.05) is 30.5 Å². The number of rotatable bonds is 7. The molecule has 0 spiro atoms. The highest BCUT2D eigenvalue weighted by Gasteiger charge is 2.22. The molecule has 168 valence electrons. The minimum atomic E-state index is 0.635. The molecule has 1 saturated heterocycles. The summed E-state index contributed by atoms with van der Waals surface area (Å²) in [4.78, 5) is 17.7. The molecule has 9 heteroatoms. The lowest BCUT2D eigenvalue weighted by Crippen LogP contribution is -2.51. The summed E-state index contributed by atoms with van der Waals surface area (Å²) in [7, 11) is 1.65. The van der Waals surface area contributed by atoms with Crippen LogP contribution in [-0.4, -0.2) is 64.9 Å². The van der Waals surface area contributed by atoms with Gasteiger partial charge in [0, 0.05) is 56.6 Å². The van der Waals surface area contributed by atoms with Gasteiger partial charge in [-0.15, -0.1) is 0 Å². The van der Waals surface area contributed by atoms with E-state index in [-0.39, 0.29) is 0 Å². The van der Waals surface area contributed by atoms with Crippen molar-refractivity contribution in [1.29, 1.82) is 0 Å². The number of nitrogens with one attached hydrogen (secondary N) is 1. The predicted molar refractivity (Wildman–Crippen MR) is 129 cm³/mol. The summed E-state index contributed by atoms with van der Waals surface area (Å²) in [5, 5.41) is 5.06. The van der Waals surface area contributed by atoms with E-state index < -0.39 is 0 Å². The molecule has 0 amide bonds. The highest BCUT2D eigenvalue weighted by Crippen LogP contribution is 2.35. The molecule has 2 aromatic heterocycles. The largest absolute Gasteiger partial charge is 0.493 e. The van der Waals surface area contributed by atoms with Crippen LogP contribution in [0, 0.1) is 0 Å². The minimum absolute atomic E-state index is 0.635. The fourth-order valence-corrected chi connectivity index (χ4v) is 3.96. The normalized spacial score (nSPS) is 13.8. The number of fused-ring (bicyclic) bond motifs is 1. The fourth-order valence-electron chi connectivity index (χ4n) is 3.70. The maximum absolute atomic E-state index is 5.84. The summed E-state index contributed by atoms with van der Waals surface area (Å²) in [6.45, 7) is 6.66. The summed E-state index contributed by atoms with van der Waals surface area (Å²) in [6, 6.07) is 7.87. The topological polar surface area (TPSA) is 75.6 Å². The molecule has 1 N–H and O–H groups in total. The van der Waals surface area contributed by atoms with Crippen molar-refractivity contribution in [2.24, 2.45) is 0 Å². The molecule has 0 atom stereocenters. The van der Waals surface area contributed by atoms with Gasteiger partial charge in [-0.3, -0.25) is 4.98 Å². The highest BCUT2D eigenvalue weighted by atomic mass is 32.1. The third-order valence-electron chi connectivity index (χ3n) is 5.39. The zero-order valence-electron chi connectivity index (χ0n) is 18.5. The first-order valence-electron chi connectivity index (χ1n) is 10.8. The molecule has 1 aliphatic heterocycles. The third-order valence-corrected chi connectivity index (χ3v) is 5.80. The first-order chi connectivity index (χ1) is 15.7. The quantitative estimate of drug-likeness (QED) is 0.544. The number of ether oxygens (including phenoxy) is 2. The number of nitrogens with zero attached hydrogens (tertiary/aromatic N) is 5. The predicted octanol–water partition coefficient (Wildman–Crippen LogP) is 3.02. The summed E-state index contributed by atoms with van der Waals surface area (Å²) in [5.41, 5.74) is 1.95. The Bertz CT molecular complexity index is 1060. The molecule has 1 aliphatic rings. The second kappa shape index (κ2) is 10.4. The molecular formula is C23H28N6O2S. The Morgan fingerprint density at radius 3 is 2.72 bits per heavy atom.